The van der Waals surface area contributed by atoms with Gasteiger partial charge in [0.25, 0.3) is 5.56 Å². The van der Waals surface area contributed by atoms with E-state index in [1.165, 1.54) is 23.4 Å². The summed E-state index contributed by atoms with van der Waals surface area (Å²) in [5.74, 6) is 1.52. The summed E-state index contributed by atoms with van der Waals surface area (Å²) in [6.07, 6.45) is 1.71. The topological polar surface area (TPSA) is 84.7 Å². The maximum Gasteiger partial charge on any atom is 0.251 e. The zero-order chi connectivity index (χ0) is 16.9. The Bertz CT molecular complexity index is 871. The first-order valence-corrected chi connectivity index (χ1v) is 8.81. The molecule has 0 radical (unpaired) electrons. The Balaban J connectivity index is 1.69. The van der Waals surface area contributed by atoms with E-state index in [1.54, 1.807) is 0 Å². The van der Waals surface area contributed by atoms with Crippen LogP contribution < -0.4 is 5.56 Å². The summed E-state index contributed by atoms with van der Waals surface area (Å²) in [5, 5.41) is 4.58. The van der Waals surface area contributed by atoms with E-state index >= 15 is 0 Å². The molecule has 6 nitrogen and oxygen atoms in total. The van der Waals surface area contributed by atoms with Crippen molar-refractivity contribution in [3.05, 3.63) is 57.8 Å². The van der Waals surface area contributed by atoms with Crippen molar-refractivity contribution >= 4 is 11.8 Å². The zero-order valence-electron chi connectivity index (χ0n) is 13.6. The molecule has 3 rings (SSSR count). The Morgan fingerprint density at radius 1 is 1.12 bits per heavy atom. The molecule has 0 unspecified atom stereocenters. The fourth-order valence-corrected chi connectivity index (χ4v) is 2.92. The fraction of sp³-hybridized carbons (Fsp3) is 0.294. The van der Waals surface area contributed by atoms with Gasteiger partial charge in [0.2, 0.25) is 11.7 Å². The van der Waals surface area contributed by atoms with Crippen LogP contribution in [0, 0.1) is 0 Å². The highest BCUT2D eigenvalue weighted by atomic mass is 32.2. The molecule has 1 N–H and O–H groups in total. The van der Waals surface area contributed by atoms with Gasteiger partial charge >= 0.3 is 0 Å². The smallest absolute Gasteiger partial charge is 0.251 e. The average molecular weight is 342 g/mol. The molecular weight excluding hydrogens is 324 g/mol. The summed E-state index contributed by atoms with van der Waals surface area (Å²) in [4.78, 5) is 23.0. The minimum atomic E-state index is -0.147. The van der Waals surface area contributed by atoms with Crippen LogP contribution in [0.1, 0.15) is 31.0 Å². The zero-order valence-corrected chi connectivity index (χ0v) is 14.4. The number of rotatable bonds is 6. The Morgan fingerprint density at radius 3 is 2.62 bits per heavy atom. The summed E-state index contributed by atoms with van der Waals surface area (Å²) < 4.78 is 5.28. The average Bonchev–Trinajstić information content (AvgIpc) is 3.08. The summed E-state index contributed by atoms with van der Waals surface area (Å²) >= 11 is 1.37. The lowest BCUT2D eigenvalue weighted by Crippen LogP contribution is -2.09. The second kappa shape index (κ2) is 7.44. The Hall–Kier alpha value is -2.41. The lowest BCUT2D eigenvalue weighted by molar-refractivity contribution is 0.391. The molecule has 2 aromatic heterocycles. The predicted octanol–water partition coefficient (Wildman–Crippen LogP) is 3.24. The lowest BCUT2D eigenvalue weighted by atomic mass is 10.1. The standard InChI is InChI=1S/C17H18N4O2S/c1-3-11-5-7-12(8-6-11)16-20-15(23-21-16)10-24-17-18-13(4-2)9-14(22)19-17/h5-9H,3-4,10H2,1-2H3,(H,18,19,22). The van der Waals surface area contributed by atoms with Gasteiger partial charge in [-0.1, -0.05) is 55.0 Å². The molecule has 0 aliphatic carbocycles. The molecule has 0 saturated heterocycles. The first kappa shape index (κ1) is 16.4. The highest BCUT2D eigenvalue weighted by Crippen LogP contribution is 2.21. The van der Waals surface area contributed by atoms with Crippen LogP contribution in [-0.2, 0) is 18.6 Å². The minimum Gasteiger partial charge on any atom is -0.338 e. The van der Waals surface area contributed by atoms with Crippen molar-refractivity contribution in [2.45, 2.75) is 37.6 Å². The van der Waals surface area contributed by atoms with Crippen LogP contribution in [0.15, 0.2) is 44.8 Å². The van der Waals surface area contributed by atoms with E-state index in [0.29, 0.717) is 22.6 Å². The molecule has 0 spiro atoms. The third-order valence-corrected chi connectivity index (χ3v) is 4.41. The van der Waals surface area contributed by atoms with E-state index in [4.69, 9.17) is 4.52 Å². The minimum absolute atomic E-state index is 0.147. The van der Waals surface area contributed by atoms with Crippen molar-refractivity contribution in [1.82, 2.24) is 20.1 Å². The molecule has 0 bridgehead atoms. The number of aromatic amines is 1. The van der Waals surface area contributed by atoms with Gasteiger partial charge in [-0.15, -0.1) is 0 Å². The number of benzene rings is 1. The van der Waals surface area contributed by atoms with E-state index in [-0.39, 0.29) is 5.56 Å². The van der Waals surface area contributed by atoms with E-state index in [9.17, 15) is 4.79 Å². The molecule has 3 aromatic rings. The first-order chi connectivity index (χ1) is 11.7. The third-order valence-electron chi connectivity index (χ3n) is 3.56. The molecule has 7 heteroatoms. The summed E-state index contributed by atoms with van der Waals surface area (Å²) in [7, 11) is 0. The van der Waals surface area contributed by atoms with Crippen molar-refractivity contribution in [1.29, 1.82) is 0 Å². The van der Waals surface area contributed by atoms with Crippen molar-refractivity contribution in [3.63, 3.8) is 0 Å². The normalized spacial score (nSPS) is 10.9. The number of aromatic nitrogens is 4. The highest BCUT2D eigenvalue weighted by molar-refractivity contribution is 7.98. The van der Waals surface area contributed by atoms with E-state index in [0.717, 1.165) is 24.1 Å². The fourth-order valence-electron chi connectivity index (χ4n) is 2.18. The van der Waals surface area contributed by atoms with Crippen LogP contribution in [0.25, 0.3) is 11.4 Å². The summed E-state index contributed by atoms with van der Waals surface area (Å²) in [6, 6.07) is 9.61. The van der Waals surface area contributed by atoms with Crippen LogP contribution in [0.3, 0.4) is 0 Å². The summed E-state index contributed by atoms with van der Waals surface area (Å²) in [5.41, 5.74) is 2.81. The Kier molecular flexibility index (Phi) is 5.10. The lowest BCUT2D eigenvalue weighted by Gasteiger charge is -2.00. The van der Waals surface area contributed by atoms with E-state index in [2.05, 4.69) is 39.2 Å². The van der Waals surface area contributed by atoms with E-state index in [1.807, 2.05) is 19.1 Å². The van der Waals surface area contributed by atoms with Gasteiger partial charge in [-0.3, -0.25) is 4.79 Å². The van der Waals surface area contributed by atoms with Gasteiger partial charge in [-0.05, 0) is 18.4 Å². The molecule has 0 saturated carbocycles. The van der Waals surface area contributed by atoms with Gasteiger partial charge in [-0.2, -0.15) is 4.98 Å². The van der Waals surface area contributed by atoms with Crippen molar-refractivity contribution < 1.29 is 4.52 Å². The van der Waals surface area contributed by atoms with Gasteiger partial charge in [0, 0.05) is 17.3 Å². The monoisotopic (exact) mass is 342 g/mol. The van der Waals surface area contributed by atoms with Gasteiger partial charge in [0.15, 0.2) is 5.16 Å². The SMILES string of the molecule is CCc1ccc(-c2noc(CSc3nc(CC)cc(=O)[nH]3)n2)cc1. The quantitative estimate of drug-likeness (QED) is 0.547. The van der Waals surface area contributed by atoms with Crippen LogP contribution in [-0.4, -0.2) is 20.1 Å². The number of nitrogens with one attached hydrogen (secondary N) is 1. The molecule has 0 fully saturated rings. The van der Waals surface area contributed by atoms with Crippen molar-refractivity contribution in [2.24, 2.45) is 0 Å². The number of hydrogen-bond acceptors (Lipinski definition) is 6. The number of nitrogens with zero attached hydrogens (tertiary/aromatic N) is 3. The molecule has 0 amide bonds. The number of aryl methyl sites for hydroxylation is 2. The van der Waals surface area contributed by atoms with Crippen LogP contribution >= 0.6 is 11.8 Å². The summed E-state index contributed by atoms with van der Waals surface area (Å²) in [6.45, 7) is 4.08. The van der Waals surface area contributed by atoms with Crippen LogP contribution in [0.4, 0.5) is 0 Å². The van der Waals surface area contributed by atoms with Crippen molar-refractivity contribution in [2.75, 3.05) is 0 Å². The van der Waals surface area contributed by atoms with Gasteiger partial charge in [0.1, 0.15) is 0 Å². The van der Waals surface area contributed by atoms with Crippen molar-refractivity contribution in [3.8, 4) is 11.4 Å². The third kappa shape index (κ3) is 3.91. The predicted molar refractivity (Wildman–Crippen MR) is 92.9 cm³/mol. The molecule has 0 aliphatic rings. The maximum absolute atomic E-state index is 11.6. The van der Waals surface area contributed by atoms with E-state index < -0.39 is 0 Å². The molecule has 0 atom stereocenters. The second-order valence-electron chi connectivity index (χ2n) is 5.25. The van der Waals surface area contributed by atoms with Gasteiger partial charge < -0.3 is 9.51 Å². The molecule has 1 aromatic carbocycles. The maximum atomic E-state index is 11.6. The highest BCUT2D eigenvalue weighted by Gasteiger charge is 2.10. The van der Waals surface area contributed by atoms with Gasteiger partial charge in [-0.25, -0.2) is 4.98 Å². The number of hydrogen-bond donors (Lipinski definition) is 1. The van der Waals surface area contributed by atoms with Crippen LogP contribution in [0.5, 0.6) is 0 Å². The second-order valence-corrected chi connectivity index (χ2v) is 6.21. The number of thioether (sulfide) groups is 1. The molecule has 2 heterocycles. The van der Waals surface area contributed by atoms with Crippen LogP contribution in [0.2, 0.25) is 0 Å². The first-order valence-electron chi connectivity index (χ1n) is 7.83. The molecule has 0 aliphatic heterocycles. The molecule has 24 heavy (non-hydrogen) atoms. The number of H-pyrrole nitrogens is 1. The largest absolute Gasteiger partial charge is 0.338 e. The molecule has 124 valence electrons. The Morgan fingerprint density at radius 2 is 1.92 bits per heavy atom. The molecular formula is C17H18N4O2S. The Labute approximate surface area is 143 Å². The van der Waals surface area contributed by atoms with Gasteiger partial charge in [0.05, 0.1) is 5.75 Å².